The predicted molar refractivity (Wildman–Crippen MR) is 541 cm³/mol. The molecule has 0 saturated carbocycles. The Bertz CT molecular complexity index is 8230. The molecule has 6 heteroatoms. The summed E-state index contributed by atoms with van der Waals surface area (Å²) >= 11 is 0. The average molecular weight is 1640 g/mol. The maximum atomic E-state index is 7.03. The van der Waals surface area contributed by atoms with Gasteiger partial charge in [-0.15, -0.1) is 0 Å². The van der Waals surface area contributed by atoms with Crippen LogP contribution in [0.1, 0.15) is 0 Å². The molecule has 0 atom stereocenters. The third-order valence-electron chi connectivity index (χ3n) is 25.0. The lowest BCUT2D eigenvalue weighted by molar-refractivity contribution is 0.672. The minimum absolute atomic E-state index is 0.852. The summed E-state index contributed by atoms with van der Waals surface area (Å²) in [6.45, 7) is 0. The quantitative estimate of drug-likeness (QED) is 0.0846. The van der Waals surface area contributed by atoms with Crippen LogP contribution >= 0.6 is 0 Å². The van der Waals surface area contributed by atoms with Crippen LogP contribution in [-0.2, 0) is 0 Å². The molecule has 24 rings (SSSR count). The van der Waals surface area contributed by atoms with E-state index in [9.17, 15) is 0 Å². The van der Waals surface area contributed by atoms with Crippen molar-refractivity contribution in [1.29, 1.82) is 0 Å². The zero-order valence-electron chi connectivity index (χ0n) is 69.9. The number of para-hydroxylation sites is 7. The molecular formula is C122H82N4O2. The summed E-state index contributed by atoms with van der Waals surface area (Å²) in [4.78, 5) is 9.35. The Morgan fingerprint density at radius 1 is 0.141 bits per heavy atom. The van der Waals surface area contributed by atoms with Crippen molar-refractivity contribution in [3.8, 4) is 55.6 Å². The van der Waals surface area contributed by atoms with Gasteiger partial charge in [0.25, 0.3) is 0 Å². The highest BCUT2D eigenvalue weighted by molar-refractivity contribution is 6.32. The van der Waals surface area contributed by atoms with Crippen molar-refractivity contribution < 1.29 is 8.83 Å². The van der Waals surface area contributed by atoms with Gasteiger partial charge in [-0.2, -0.15) is 0 Å². The molecule has 2 aromatic heterocycles. The van der Waals surface area contributed by atoms with E-state index in [0.717, 1.165) is 151 Å². The molecule has 0 bridgehead atoms. The predicted octanol–water partition coefficient (Wildman–Crippen LogP) is 35.2. The lowest BCUT2D eigenvalue weighted by atomic mass is 9.94. The van der Waals surface area contributed by atoms with Gasteiger partial charge in [0.15, 0.2) is 0 Å². The van der Waals surface area contributed by atoms with E-state index in [2.05, 4.69) is 517 Å². The molecule has 0 N–H and O–H groups in total. The molecule has 0 spiro atoms. The highest BCUT2D eigenvalue weighted by Gasteiger charge is 2.26. The van der Waals surface area contributed by atoms with E-state index >= 15 is 0 Å². The summed E-state index contributed by atoms with van der Waals surface area (Å²) in [5.74, 6) is 0. The third-order valence-corrected chi connectivity index (χ3v) is 25.0. The molecule has 0 radical (unpaired) electrons. The summed E-state index contributed by atoms with van der Waals surface area (Å²) in [6.07, 6.45) is 0. The Labute approximate surface area is 742 Å². The molecule has 0 aliphatic rings. The monoisotopic (exact) mass is 1630 g/mol. The number of rotatable bonds is 17. The Morgan fingerprint density at radius 2 is 0.414 bits per heavy atom. The summed E-state index contributed by atoms with van der Waals surface area (Å²) < 4.78 is 14.0. The summed E-state index contributed by atoms with van der Waals surface area (Å²) in [6, 6.07) is 178. The molecule has 0 unspecified atom stereocenters. The fourth-order valence-electron chi connectivity index (χ4n) is 19.1. The molecule has 128 heavy (non-hydrogen) atoms. The standard InChI is InChI=1S/C62H42N2O.C60H40N2O/c1-5-19-44(20-6-1)51-27-15-17-31-58(51)63(47-23-9-3-10-24-47)49-36-33-43(34-37-49)46-35-39-55-57(41-46)53-29-13-14-30-54(53)61-56-40-38-50(42-60(56)65-62(55)61)64(48-25-11-4-12-26-48)59-32-18-16-28-52(59)45-21-7-2-8-22-45;1-4-17-43(18-5-1)51-24-14-15-27-57(51)62(47-22-8-3-9-23-47)48-32-28-42(29-33-48)45-31-36-54-56(39-45)52-25-12-13-26-53(52)59-55-37-35-50(40-58(55)63-60(54)59)61(46-20-6-2-7-21-46)49-34-30-41-16-10-11-19-44(41)38-49/h1-42H;1-40H. The molecule has 24 aromatic rings. The van der Waals surface area contributed by atoms with E-state index in [1.165, 1.54) is 70.9 Å². The molecule has 0 fully saturated rings. The van der Waals surface area contributed by atoms with Crippen LogP contribution in [0.25, 0.3) is 153 Å². The van der Waals surface area contributed by atoms with E-state index in [4.69, 9.17) is 8.83 Å². The van der Waals surface area contributed by atoms with Crippen LogP contribution in [0.5, 0.6) is 0 Å². The number of furan rings is 2. The van der Waals surface area contributed by atoms with Crippen LogP contribution in [-0.4, -0.2) is 0 Å². The average Bonchev–Trinajstić information content (AvgIpc) is 1.53. The Morgan fingerprint density at radius 3 is 0.812 bits per heavy atom. The van der Waals surface area contributed by atoms with Crippen molar-refractivity contribution >= 4 is 166 Å². The zero-order chi connectivity index (χ0) is 84.8. The topological polar surface area (TPSA) is 39.2 Å². The molecule has 0 saturated heterocycles. The van der Waals surface area contributed by atoms with E-state index in [-0.39, 0.29) is 0 Å². The van der Waals surface area contributed by atoms with Crippen molar-refractivity contribution in [2.75, 3.05) is 19.6 Å². The molecule has 0 amide bonds. The van der Waals surface area contributed by atoms with Crippen molar-refractivity contribution in [1.82, 2.24) is 0 Å². The van der Waals surface area contributed by atoms with Gasteiger partial charge in [0.1, 0.15) is 22.3 Å². The van der Waals surface area contributed by atoms with Crippen molar-refractivity contribution in [3.05, 3.63) is 497 Å². The van der Waals surface area contributed by atoms with Gasteiger partial charge in [0.2, 0.25) is 0 Å². The smallest absolute Gasteiger partial charge is 0.143 e. The van der Waals surface area contributed by atoms with Crippen LogP contribution in [0.3, 0.4) is 0 Å². The first-order valence-corrected chi connectivity index (χ1v) is 43.7. The Kier molecular flexibility index (Phi) is 19.5. The maximum Gasteiger partial charge on any atom is 0.143 e. The number of hydrogen-bond donors (Lipinski definition) is 0. The minimum atomic E-state index is 0.852. The number of fused-ring (bicyclic) bond motifs is 17. The summed E-state index contributed by atoms with van der Waals surface area (Å²) in [5.41, 5.74) is 28.2. The normalized spacial score (nSPS) is 11.4. The van der Waals surface area contributed by atoms with Crippen LogP contribution in [0, 0.1) is 0 Å². The Hall–Kier alpha value is -17.1. The van der Waals surface area contributed by atoms with Gasteiger partial charge < -0.3 is 28.4 Å². The SMILES string of the molecule is c1ccc(-c2ccccc2N(c2ccccc2)c2ccc(-c3ccc4c(c3)c3ccccc3c3c5ccc(N(c6ccccc6)c6ccc7ccccc7c6)cc5oc43)cc2)cc1.c1ccc(-c2ccccc2N(c2ccccc2)c2ccc(-c3ccc4c(c3)c3ccccc3c3c5ccc(N(c6ccccc6)c6ccccc6-c6ccccc6)cc5oc43)cc2)cc1. The summed E-state index contributed by atoms with van der Waals surface area (Å²) in [5, 5.41) is 16.2. The second-order valence-electron chi connectivity index (χ2n) is 32.5. The molecule has 2 heterocycles. The van der Waals surface area contributed by atoms with E-state index in [0.29, 0.717) is 0 Å². The van der Waals surface area contributed by atoms with Crippen LogP contribution < -0.4 is 19.6 Å². The van der Waals surface area contributed by atoms with E-state index in [1.807, 2.05) is 0 Å². The molecular weight excluding hydrogens is 1550 g/mol. The molecule has 6 nitrogen and oxygen atoms in total. The minimum Gasteiger partial charge on any atom is -0.455 e. The zero-order valence-corrected chi connectivity index (χ0v) is 69.9. The molecule has 0 aliphatic carbocycles. The fraction of sp³-hybridized carbons (Fsp3) is 0. The van der Waals surface area contributed by atoms with Gasteiger partial charge in [0.05, 0.1) is 17.1 Å². The van der Waals surface area contributed by atoms with Crippen molar-refractivity contribution in [2.45, 2.75) is 0 Å². The molecule has 602 valence electrons. The number of anilines is 12. The number of nitrogens with zero attached hydrogens (tertiary/aromatic N) is 4. The number of benzene rings is 22. The molecule has 22 aromatic carbocycles. The largest absolute Gasteiger partial charge is 0.455 e. The van der Waals surface area contributed by atoms with Gasteiger partial charge >= 0.3 is 0 Å². The highest BCUT2D eigenvalue weighted by atomic mass is 16.3. The van der Waals surface area contributed by atoms with Crippen molar-refractivity contribution in [3.63, 3.8) is 0 Å². The second-order valence-corrected chi connectivity index (χ2v) is 32.5. The van der Waals surface area contributed by atoms with Crippen LogP contribution in [0.2, 0.25) is 0 Å². The van der Waals surface area contributed by atoms with Crippen molar-refractivity contribution in [2.24, 2.45) is 0 Å². The van der Waals surface area contributed by atoms with Gasteiger partial charge in [-0.25, -0.2) is 0 Å². The lowest BCUT2D eigenvalue weighted by Crippen LogP contribution is -2.11. The second kappa shape index (κ2) is 33.0. The lowest BCUT2D eigenvalue weighted by Gasteiger charge is -2.28. The Balaban J connectivity index is 0.000000147. The first-order chi connectivity index (χ1) is 63.5. The van der Waals surface area contributed by atoms with Gasteiger partial charge in [-0.3, -0.25) is 0 Å². The van der Waals surface area contributed by atoms with Crippen LogP contribution in [0.15, 0.2) is 506 Å². The fourth-order valence-corrected chi connectivity index (χ4v) is 19.1. The van der Waals surface area contributed by atoms with Gasteiger partial charge in [-0.05, 0) is 234 Å². The maximum absolute atomic E-state index is 7.03. The van der Waals surface area contributed by atoms with Gasteiger partial charge in [0, 0.05) is 112 Å². The summed E-state index contributed by atoms with van der Waals surface area (Å²) in [7, 11) is 0. The molecule has 0 aliphatic heterocycles. The highest BCUT2D eigenvalue weighted by Crippen LogP contribution is 2.51. The van der Waals surface area contributed by atoms with Gasteiger partial charge in [-0.1, -0.05) is 334 Å². The van der Waals surface area contributed by atoms with E-state index < -0.39 is 0 Å². The third kappa shape index (κ3) is 13.9. The van der Waals surface area contributed by atoms with E-state index in [1.54, 1.807) is 0 Å². The first-order valence-electron chi connectivity index (χ1n) is 43.7. The first kappa shape index (κ1) is 75.9. The van der Waals surface area contributed by atoms with Crippen LogP contribution in [0.4, 0.5) is 68.2 Å². The number of hydrogen-bond acceptors (Lipinski definition) is 6.